The molecule has 0 heterocycles. The summed E-state index contributed by atoms with van der Waals surface area (Å²) in [4.78, 5) is 30.3. The molecule has 0 aromatic heterocycles. The molecule has 0 spiro atoms. The second kappa shape index (κ2) is 12.6. The van der Waals surface area contributed by atoms with E-state index in [1.807, 2.05) is 0 Å². The summed E-state index contributed by atoms with van der Waals surface area (Å²) in [5.41, 5.74) is -2.92. The van der Waals surface area contributed by atoms with E-state index in [1.165, 1.54) is 38.5 Å². The topological polar surface area (TPSA) is 141 Å². The highest BCUT2D eigenvalue weighted by molar-refractivity contribution is 5.78. The van der Waals surface area contributed by atoms with Crippen LogP contribution in [0.5, 0.6) is 0 Å². The lowest BCUT2D eigenvalue weighted by Gasteiger charge is -2.07. The number of benzene rings is 1. The highest BCUT2D eigenvalue weighted by atomic mass is 16.6. The summed E-state index contributed by atoms with van der Waals surface area (Å²) in [6.07, 6.45) is 11.5. The summed E-state index contributed by atoms with van der Waals surface area (Å²) < 4.78 is 0. The van der Waals surface area contributed by atoms with Crippen molar-refractivity contribution < 1.29 is 14.8 Å². The second-order valence-electron chi connectivity index (χ2n) is 6.71. The summed E-state index contributed by atoms with van der Waals surface area (Å²) in [6, 6.07) is 2.07. The average Bonchev–Trinajstić information content (AvgIpc) is 2.64. The van der Waals surface area contributed by atoms with Gasteiger partial charge >= 0.3 is 17.1 Å². The molecule has 0 saturated heterocycles. The van der Waals surface area contributed by atoms with E-state index in [1.54, 1.807) is 0 Å². The van der Waals surface area contributed by atoms with Crippen LogP contribution in [0.2, 0.25) is 0 Å². The third-order valence-electron chi connectivity index (χ3n) is 4.54. The molecule has 0 unspecified atom stereocenters. The SMILES string of the molecule is CCCCCCCCCCCCNc1ccc([N+](=O)[O-])c([N+](=O)[O-])c1[N+](=O)[O-]. The third kappa shape index (κ3) is 7.45. The van der Waals surface area contributed by atoms with Crippen LogP contribution >= 0.6 is 0 Å². The molecule has 0 aliphatic heterocycles. The summed E-state index contributed by atoms with van der Waals surface area (Å²) in [7, 11) is 0. The molecule has 1 N–H and O–H groups in total. The van der Waals surface area contributed by atoms with Gasteiger partial charge in [-0.2, -0.15) is 0 Å². The van der Waals surface area contributed by atoms with Crippen molar-refractivity contribution in [2.24, 2.45) is 0 Å². The first-order valence-corrected chi connectivity index (χ1v) is 9.74. The molecule has 156 valence electrons. The quantitative estimate of drug-likeness (QED) is 0.226. The molecule has 10 nitrogen and oxygen atoms in total. The van der Waals surface area contributed by atoms with Crippen LogP contribution in [0.4, 0.5) is 22.7 Å². The van der Waals surface area contributed by atoms with Crippen molar-refractivity contribution in [3.63, 3.8) is 0 Å². The molecule has 1 aromatic rings. The van der Waals surface area contributed by atoms with E-state index in [9.17, 15) is 30.3 Å². The highest BCUT2D eigenvalue weighted by Crippen LogP contribution is 2.41. The van der Waals surface area contributed by atoms with Gasteiger partial charge in [-0.05, 0) is 12.5 Å². The third-order valence-corrected chi connectivity index (χ3v) is 4.54. The Hall–Kier alpha value is -2.78. The number of nitrogens with one attached hydrogen (secondary N) is 1. The highest BCUT2D eigenvalue weighted by Gasteiger charge is 2.38. The van der Waals surface area contributed by atoms with Crippen molar-refractivity contribution in [3.05, 3.63) is 42.5 Å². The van der Waals surface area contributed by atoms with Crippen molar-refractivity contribution in [1.82, 2.24) is 0 Å². The predicted molar refractivity (Wildman–Crippen MR) is 107 cm³/mol. The maximum absolute atomic E-state index is 11.3. The summed E-state index contributed by atoms with van der Waals surface area (Å²) in [5.74, 6) is 0. The lowest BCUT2D eigenvalue weighted by Crippen LogP contribution is -2.08. The minimum Gasteiger partial charge on any atom is -0.379 e. The lowest BCUT2D eigenvalue weighted by molar-refractivity contribution is -0.440. The monoisotopic (exact) mass is 396 g/mol. The van der Waals surface area contributed by atoms with Crippen molar-refractivity contribution in [2.45, 2.75) is 71.1 Å². The van der Waals surface area contributed by atoms with Gasteiger partial charge in [0.2, 0.25) is 0 Å². The van der Waals surface area contributed by atoms with Crippen LogP contribution in [0.25, 0.3) is 0 Å². The Kier molecular flexibility index (Phi) is 10.4. The minimum absolute atomic E-state index is 0.0711. The fraction of sp³-hybridized carbons (Fsp3) is 0.667. The van der Waals surface area contributed by atoms with Crippen molar-refractivity contribution in [1.29, 1.82) is 0 Å². The Morgan fingerprint density at radius 2 is 1.21 bits per heavy atom. The van der Waals surface area contributed by atoms with E-state index in [-0.39, 0.29) is 5.69 Å². The number of nitro benzene ring substituents is 3. The van der Waals surface area contributed by atoms with E-state index in [2.05, 4.69) is 12.2 Å². The van der Waals surface area contributed by atoms with Gasteiger partial charge in [-0.1, -0.05) is 64.7 Å². The molecular weight excluding hydrogens is 368 g/mol. The molecule has 1 rings (SSSR count). The molecule has 0 aliphatic rings. The molecule has 0 fully saturated rings. The number of unbranched alkanes of at least 4 members (excludes halogenated alkanes) is 9. The zero-order valence-corrected chi connectivity index (χ0v) is 16.2. The zero-order valence-electron chi connectivity index (χ0n) is 16.2. The average molecular weight is 396 g/mol. The van der Waals surface area contributed by atoms with Gasteiger partial charge in [0.1, 0.15) is 5.69 Å². The van der Waals surface area contributed by atoms with Crippen LogP contribution in [-0.4, -0.2) is 21.3 Å². The summed E-state index contributed by atoms with van der Waals surface area (Å²) in [6.45, 7) is 2.60. The maximum Gasteiger partial charge on any atom is 0.424 e. The molecule has 28 heavy (non-hydrogen) atoms. The fourth-order valence-electron chi connectivity index (χ4n) is 3.06. The Morgan fingerprint density at radius 3 is 1.68 bits per heavy atom. The first-order chi connectivity index (χ1) is 13.4. The van der Waals surface area contributed by atoms with Gasteiger partial charge in [0, 0.05) is 12.6 Å². The number of nitro groups is 3. The van der Waals surface area contributed by atoms with Crippen LogP contribution in [0.15, 0.2) is 12.1 Å². The molecule has 0 amide bonds. The molecule has 0 atom stereocenters. The van der Waals surface area contributed by atoms with E-state index in [0.717, 1.165) is 37.8 Å². The number of anilines is 1. The Balaban J connectivity index is 2.50. The summed E-state index contributed by atoms with van der Waals surface area (Å²) >= 11 is 0. The van der Waals surface area contributed by atoms with Crippen molar-refractivity contribution >= 4 is 22.7 Å². The smallest absolute Gasteiger partial charge is 0.379 e. The number of hydrogen-bond acceptors (Lipinski definition) is 7. The predicted octanol–water partition coefficient (Wildman–Crippen LogP) is 5.74. The number of nitrogens with zero attached hydrogens (tertiary/aromatic N) is 3. The Morgan fingerprint density at radius 1 is 0.714 bits per heavy atom. The van der Waals surface area contributed by atoms with E-state index in [0.29, 0.717) is 6.54 Å². The molecular formula is C18H28N4O6. The van der Waals surface area contributed by atoms with Crippen LogP contribution in [0.3, 0.4) is 0 Å². The molecule has 0 bridgehead atoms. The maximum atomic E-state index is 11.3. The molecule has 0 radical (unpaired) electrons. The van der Waals surface area contributed by atoms with E-state index in [4.69, 9.17) is 0 Å². The minimum atomic E-state index is -1.09. The number of hydrogen-bond donors (Lipinski definition) is 1. The van der Waals surface area contributed by atoms with Crippen LogP contribution in [0, 0.1) is 30.3 Å². The van der Waals surface area contributed by atoms with Gasteiger partial charge in [-0.15, -0.1) is 0 Å². The first kappa shape index (κ1) is 23.3. The Labute approximate surface area is 163 Å². The molecule has 1 aromatic carbocycles. The van der Waals surface area contributed by atoms with Crippen LogP contribution in [0.1, 0.15) is 71.1 Å². The number of rotatable bonds is 15. The van der Waals surface area contributed by atoms with Gasteiger partial charge in [0.15, 0.2) is 0 Å². The van der Waals surface area contributed by atoms with Gasteiger partial charge in [-0.25, -0.2) is 0 Å². The molecule has 0 aliphatic carbocycles. The fourth-order valence-corrected chi connectivity index (χ4v) is 3.06. The van der Waals surface area contributed by atoms with Gasteiger partial charge in [-0.3, -0.25) is 30.3 Å². The van der Waals surface area contributed by atoms with Crippen molar-refractivity contribution in [3.8, 4) is 0 Å². The van der Waals surface area contributed by atoms with E-state index >= 15 is 0 Å². The lowest BCUT2D eigenvalue weighted by atomic mass is 10.1. The largest absolute Gasteiger partial charge is 0.424 e. The van der Waals surface area contributed by atoms with Gasteiger partial charge in [0.25, 0.3) is 0 Å². The zero-order chi connectivity index (χ0) is 20.9. The Bertz CT molecular complexity index is 680. The second-order valence-corrected chi connectivity index (χ2v) is 6.71. The normalized spacial score (nSPS) is 10.6. The first-order valence-electron chi connectivity index (χ1n) is 9.74. The van der Waals surface area contributed by atoms with Gasteiger partial charge in [0.05, 0.1) is 14.8 Å². The molecule has 0 saturated carbocycles. The van der Waals surface area contributed by atoms with Crippen LogP contribution in [-0.2, 0) is 0 Å². The van der Waals surface area contributed by atoms with Crippen molar-refractivity contribution in [2.75, 3.05) is 11.9 Å². The van der Waals surface area contributed by atoms with E-state index < -0.39 is 31.8 Å². The summed E-state index contributed by atoms with van der Waals surface area (Å²) in [5, 5.41) is 36.1. The molecule has 10 heteroatoms. The standard InChI is InChI=1S/C18H28N4O6/c1-2-3-4-5-6-7-8-9-10-11-14-19-15-12-13-16(20(23)24)18(22(27)28)17(15)21(25)26/h12-13,19H,2-11,14H2,1H3. The van der Waals surface area contributed by atoms with Gasteiger partial charge < -0.3 is 5.32 Å². The van der Waals surface area contributed by atoms with Crippen LogP contribution < -0.4 is 5.32 Å².